The van der Waals surface area contributed by atoms with E-state index in [1.807, 2.05) is 31.2 Å². The molecule has 1 saturated heterocycles. The van der Waals surface area contributed by atoms with Crippen LogP contribution in [0.15, 0.2) is 24.3 Å². The second kappa shape index (κ2) is 5.84. The normalized spacial score (nSPS) is 16.8. The van der Waals surface area contributed by atoms with Crippen LogP contribution in [0.3, 0.4) is 0 Å². The number of benzene rings is 1. The van der Waals surface area contributed by atoms with Crippen molar-refractivity contribution in [2.24, 2.45) is 5.73 Å². The maximum absolute atomic E-state index is 11.5. The third-order valence-electron chi connectivity index (χ3n) is 3.15. The molecule has 1 aromatic rings. The maximum Gasteiger partial charge on any atom is 0.229 e. The molecule has 0 aromatic heterocycles. The van der Waals surface area contributed by atoms with Gasteiger partial charge in [0.1, 0.15) is 5.75 Å². The van der Waals surface area contributed by atoms with Crippen molar-refractivity contribution in [2.75, 3.05) is 13.2 Å². The summed E-state index contributed by atoms with van der Waals surface area (Å²) in [6.45, 7) is 2.78. The molecule has 1 heterocycles. The number of rotatable bonds is 5. The molecule has 1 fully saturated rings. The van der Waals surface area contributed by atoms with Crippen LogP contribution in [0.25, 0.3) is 0 Å². The Bertz CT molecular complexity index is 454. The van der Waals surface area contributed by atoms with E-state index in [0.29, 0.717) is 19.4 Å². The number of nitrogens with two attached hydrogens (primary N) is 1. The van der Waals surface area contributed by atoms with Gasteiger partial charge in [-0.2, -0.15) is 0 Å². The molecule has 19 heavy (non-hydrogen) atoms. The molecule has 102 valence electrons. The zero-order valence-corrected chi connectivity index (χ0v) is 11.0. The van der Waals surface area contributed by atoms with Gasteiger partial charge in [0.05, 0.1) is 6.61 Å². The molecule has 0 bridgehead atoms. The Kier molecular flexibility index (Phi) is 4.16. The molecule has 2 N–H and O–H groups in total. The monoisotopic (exact) mass is 262 g/mol. The quantitative estimate of drug-likeness (QED) is 0.810. The molecule has 1 aliphatic rings. The van der Waals surface area contributed by atoms with Crippen LogP contribution in [0, 0.1) is 0 Å². The van der Waals surface area contributed by atoms with E-state index in [1.165, 1.54) is 4.90 Å². The van der Waals surface area contributed by atoms with E-state index in [2.05, 4.69) is 0 Å². The van der Waals surface area contributed by atoms with E-state index in [-0.39, 0.29) is 24.4 Å². The molecular formula is C14H18N2O3. The highest BCUT2D eigenvalue weighted by atomic mass is 16.5. The first kappa shape index (κ1) is 13.5. The predicted molar refractivity (Wildman–Crippen MR) is 70.5 cm³/mol. The fourth-order valence-electron chi connectivity index (χ4n) is 2.11. The van der Waals surface area contributed by atoms with Crippen LogP contribution in [-0.2, 0) is 9.59 Å². The van der Waals surface area contributed by atoms with Gasteiger partial charge in [0.25, 0.3) is 0 Å². The lowest BCUT2D eigenvalue weighted by molar-refractivity contribution is -0.138. The standard InChI is InChI=1S/C14H18N2O3/c1-2-19-11-5-3-10(4-6-11)12(15)9-16-13(17)7-8-14(16)18/h3-6,12H,2,7-9,15H2,1H3. The van der Waals surface area contributed by atoms with Gasteiger partial charge in [0.2, 0.25) is 11.8 Å². The summed E-state index contributed by atoms with van der Waals surface area (Å²) in [7, 11) is 0. The Balaban J connectivity index is 2.01. The summed E-state index contributed by atoms with van der Waals surface area (Å²) in [5.74, 6) is 0.518. The summed E-state index contributed by atoms with van der Waals surface area (Å²) in [6, 6.07) is 7.04. The van der Waals surface area contributed by atoms with E-state index in [4.69, 9.17) is 10.5 Å². The van der Waals surface area contributed by atoms with Gasteiger partial charge in [-0.05, 0) is 24.6 Å². The van der Waals surface area contributed by atoms with E-state index in [9.17, 15) is 9.59 Å². The molecule has 5 nitrogen and oxygen atoms in total. The van der Waals surface area contributed by atoms with Crippen molar-refractivity contribution in [3.05, 3.63) is 29.8 Å². The van der Waals surface area contributed by atoms with E-state index in [0.717, 1.165) is 11.3 Å². The Morgan fingerprint density at radius 3 is 2.32 bits per heavy atom. The maximum atomic E-state index is 11.5. The van der Waals surface area contributed by atoms with Crippen LogP contribution in [0.2, 0.25) is 0 Å². The molecule has 0 aliphatic carbocycles. The third-order valence-corrected chi connectivity index (χ3v) is 3.15. The van der Waals surface area contributed by atoms with Crippen LogP contribution in [0.1, 0.15) is 31.4 Å². The van der Waals surface area contributed by atoms with E-state index < -0.39 is 0 Å². The molecular weight excluding hydrogens is 244 g/mol. The zero-order chi connectivity index (χ0) is 13.8. The number of ether oxygens (including phenoxy) is 1. The molecule has 0 saturated carbocycles. The van der Waals surface area contributed by atoms with Crippen molar-refractivity contribution in [1.82, 2.24) is 4.90 Å². The molecule has 2 rings (SSSR count). The smallest absolute Gasteiger partial charge is 0.229 e. The fourth-order valence-corrected chi connectivity index (χ4v) is 2.11. The van der Waals surface area contributed by atoms with Crippen molar-refractivity contribution >= 4 is 11.8 Å². The van der Waals surface area contributed by atoms with Crippen LogP contribution >= 0.6 is 0 Å². The number of nitrogens with zero attached hydrogens (tertiary/aromatic N) is 1. The number of likely N-dealkylation sites (tertiary alicyclic amines) is 1. The summed E-state index contributed by atoms with van der Waals surface area (Å²) in [5, 5.41) is 0. The van der Waals surface area contributed by atoms with Crippen LogP contribution in [0.5, 0.6) is 5.75 Å². The number of carbonyl (C=O) groups is 2. The van der Waals surface area contributed by atoms with Gasteiger partial charge in [-0.25, -0.2) is 0 Å². The second-order valence-electron chi connectivity index (χ2n) is 4.51. The van der Waals surface area contributed by atoms with Crippen molar-refractivity contribution in [3.63, 3.8) is 0 Å². The van der Waals surface area contributed by atoms with E-state index >= 15 is 0 Å². The Hall–Kier alpha value is -1.88. The molecule has 5 heteroatoms. The summed E-state index contributed by atoms with van der Waals surface area (Å²) < 4.78 is 5.35. The van der Waals surface area contributed by atoms with Crippen LogP contribution < -0.4 is 10.5 Å². The first-order valence-corrected chi connectivity index (χ1v) is 6.43. The highest BCUT2D eigenvalue weighted by Crippen LogP contribution is 2.20. The topological polar surface area (TPSA) is 72.6 Å². The molecule has 1 atom stereocenters. The zero-order valence-electron chi connectivity index (χ0n) is 11.0. The van der Waals surface area contributed by atoms with Gasteiger partial charge in [-0.1, -0.05) is 12.1 Å². The minimum Gasteiger partial charge on any atom is -0.494 e. The van der Waals surface area contributed by atoms with Crippen molar-refractivity contribution in [2.45, 2.75) is 25.8 Å². The first-order valence-electron chi connectivity index (χ1n) is 6.43. The van der Waals surface area contributed by atoms with Gasteiger partial charge in [-0.3, -0.25) is 14.5 Å². The lowest BCUT2D eigenvalue weighted by Crippen LogP contribution is -2.36. The minimum absolute atomic E-state index is 0.133. The molecule has 1 unspecified atom stereocenters. The number of imide groups is 1. The fraction of sp³-hybridized carbons (Fsp3) is 0.429. The van der Waals surface area contributed by atoms with Crippen LogP contribution in [-0.4, -0.2) is 29.9 Å². The van der Waals surface area contributed by atoms with Gasteiger partial charge in [-0.15, -0.1) is 0 Å². The van der Waals surface area contributed by atoms with Crippen molar-refractivity contribution in [1.29, 1.82) is 0 Å². The number of hydrogen-bond donors (Lipinski definition) is 1. The van der Waals surface area contributed by atoms with Gasteiger partial charge in [0.15, 0.2) is 0 Å². The largest absolute Gasteiger partial charge is 0.494 e. The van der Waals surface area contributed by atoms with Crippen molar-refractivity contribution < 1.29 is 14.3 Å². The molecule has 1 aliphatic heterocycles. The van der Waals surface area contributed by atoms with Crippen LogP contribution in [0.4, 0.5) is 0 Å². The highest BCUT2D eigenvalue weighted by molar-refractivity contribution is 6.01. The average Bonchev–Trinajstić information content (AvgIpc) is 2.72. The average molecular weight is 262 g/mol. The Labute approximate surface area is 112 Å². The second-order valence-corrected chi connectivity index (χ2v) is 4.51. The first-order chi connectivity index (χ1) is 9.11. The summed E-state index contributed by atoms with van der Waals surface area (Å²) in [6.07, 6.45) is 0.601. The lowest BCUT2D eigenvalue weighted by atomic mass is 10.1. The van der Waals surface area contributed by atoms with Crippen molar-refractivity contribution in [3.8, 4) is 5.75 Å². The van der Waals surface area contributed by atoms with Gasteiger partial charge < -0.3 is 10.5 Å². The SMILES string of the molecule is CCOc1ccc(C(N)CN2C(=O)CCC2=O)cc1. The number of amides is 2. The third kappa shape index (κ3) is 3.12. The molecule has 0 radical (unpaired) electrons. The molecule has 0 spiro atoms. The number of hydrogen-bond acceptors (Lipinski definition) is 4. The lowest BCUT2D eigenvalue weighted by Gasteiger charge is -2.19. The minimum atomic E-state index is -0.360. The Morgan fingerprint density at radius 2 is 1.79 bits per heavy atom. The van der Waals surface area contributed by atoms with Gasteiger partial charge in [0, 0.05) is 25.4 Å². The summed E-state index contributed by atoms with van der Waals surface area (Å²) in [4.78, 5) is 24.3. The predicted octanol–water partition coefficient (Wildman–Crippen LogP) is 1.23. The summed E-state index contributed by atoms with van der Waals surface area (Å²) in [5.41, 5.74) is 6.92. The van der Waals surface area contributed by atoms with E-state index in [1.54, 1.807) is 0 Å². The highest BCUT2D eigenvalue weighted by Gasteiger charge is 2.30. The number of carbonyl (C=O) groups excluding carboxylic acids is 2. The Morgan fingerprint density at radius 1 is 1.21 bits per heavy atom. The molecule has 1 aromatic carbocycles. The van der Waals surface area contributed by atoms with Gasteiger partial charge >= 0.3 is 0 Å². The molecule has 2 amide bonds. The summed E-state index contributed by atoms with van der Waals surface area (Å²) >= 11 is 0.